The Kier molecular flexibility index (Phi) is 11.6. The lowest BCUT2D eigenvalue weighted by molar-refractivity contribution is -0.153. The Labute approximate surface area is 243 Å². The normalized spacial score (nSPS) is 14.3. The summed E-state index contributed by atoms with van der Waals surface area (Å²) in [6, 6.07) is 27.4. The van der Waals surface area contributed by atoms with Gasteiger partial charge in [0.1, 0.15) is 12.4 Å². The van der Waals surface area contributed by atoms with Crippen molar-refractivity contribution in [2.45, 2.75) is 39.5 Å². The second-order valence-corrected chi connectivity index (χ2v) is 10.2. The predicted molar refractivity (Wildman–Crippen MR) is 158 cm³/mol. The Morgan fingerprint density at radius 3 is 2.07 bits per heavy atom. The number of methoxy groups -OCH3 is 1. The lowest BCUT2D eigenvalue weighted by Gasteiger charge is -2.36. The van der Waals surface area contributed by atoms with E-state index < -0.39 is 6.09 Å². The smallest absolute Gasteiger partial charge is 0.434 e. The van der Waals surface area contributed by atoms with Crippen LogP contribution < -0.4 is 4.74 Å². The summed E-state index contributed by atoms with van der Waals surface area (Å²) in [4.78, 5) is 36.7. The van der Waals surface area contributed by atoms with Gasteiger partial charge in [0, 0.05) is 38.6 Å². The van der Waals surface area contributed by atoms with Gasteiger partial charge in [0.2, 0.25) is 5.91 Å². The molecular formula is C33H41N3O5. The van der Waals surface area contributed by atoms with E-state index in [-0.39, 0.29) is 31.6 Å². The summed E-state index contributed by atoms with van der Waals surface area (Å²) < 4.78 is 10.8. The van der Waals surface area contributed by atoms with Gasteiger partial charge < -0.3 is 14.4 Å². The molecule has 4 rings (SSSR count). The van der Waals surface area contributed by atoms with Gasteiger partial charge in [-0.2, -0.15) is 5.06 Å². The Morgan fingerprint density at radius 2 is 1.46 bits per heavy atom. The number of amides is 2. The summed E-state index contributed by atoms with van der Waals surface area (Å²) in [5.41, 5.74) is 3.06. The van der Waals surface area contributed by atoms with E-state index >= 15 is 0 Å². The first kappa shape index (κ1) is 30.1. The maximum absolute atomic E-state index is 13.3. The van der Waals surface area contributed by atoms with E-state index in [2.05, 4.69) is 29.2 Å². The zero-order chi connectivity index (χ0) is 28.9. The molecule has 0 aromatic heterocycles. The molecular weight excluding hydrogens is 518 g/mol. The maximum Gasteiger partial charge on any atom is 0.434 e. The maximum atomic E-state index is 13.3. The van der Waals surface area contributed by atoms with E-state index in [4.69, 9.17) is 14.3 Å². The number of carbonyl (C=O) groups is 2. The van der Waals surface area contributed by atoms with E-state index in [0.717, 1.165) is 49.6 Å². The van der Waals surface area contributed by atoms with Gasteiger partial charge in [-0.1, -0.05) is 79.7 Å². The van der Waals surface area contributed by atoms with Crippen LogP contribution >= 0.6 is 0 Å². The highest BCUT2D eigenvalue weighted by Crippen LogP contribution is 2.18. The Bertz CT molecular complexity index is 1200. The van der Waals surface area contributed by atoms with Crippen LogP contribution in [-0.2, 0) is 34.1 Å². The minimum atomic E-state index is -0.571. The van der Waals surface area contributed by atoms with E-state index in [1.54, 1.807) is 7.11 Å². The molecule has 3 aromatic rings. The third kappa shape index (κ3) is 9.33. The Hall–Kier alpha value is -3.88. The first-order valence-corrected chi connectivity index (χ1v) is 14.3. The monoisotopic (exact) mass is 559 g/mol. The second-order valence-electron chi connectivity index (χ2n) is 10.2. The van der Waals surface area contributed by atoms with Crippen molar-refractivity contribution in [2.75, 3.05) is 39.9 Å². The average molecular weight is 560 g/mol. The number of benzene rings is 3. The number of carbonyl (C=O) groups excluding carboxylic acids is 2. The van der Waals surface area contributed by atoms with Crippen molar-refractivity contribution in [3.63, 3.8) is 0 Å². The van der Waals surface area contributed by atoms with Crippen LogP contribution in [0.15, 0.2) is 84.9 Å². The Balaban J connectivity index is 1.29. The molecule has 8 nitrogen and oxygen atoms in total. The number of ether oxygens (including phenoxy) is 2. The zero-order valence-electron chi connectivity index (χ0n) is 24.1. The van der Waals surface area contributed by atoms with Crippen LogP contribution in [0.5, 0.6) is 5.75 Å². The van der Waals surface area contributed by atoms with Crippen molar-refractivity contribution >= 4 is 12.0 Å². The molecule has 3 aromatic carbocycles. The molecule has 2 amide bonds. The second kappa shape index (κ2) is 15.8. The first-order chi connectivity index (χ1) is 20.1. The molecule has 1 heterocycles. The van der Waals surface area contributed by atoms with Crippen molar-refractivity contribution in [1.82, 2.24) is 14.9 Å². The predicted octanol–water partition coefficient (Wildman–Crippen LogP) is 5.53. The standard InChI is InChI=1S/C33H41N3O5/c1-3-30(32(37)35-21-19-34(20-22-35)24-27-10-6-4-7-11-27)18-23-41-36(25-28-14-16-31(39-2)17-15-28)33(38)40-26-29-12-8-5-9-13-29/h4-17,30H,3,18-26H2,1-2H3. The molecule has 41 heavy (non-hydrogen) atoms. The molecule has 0 spiro atoms. The van der Waals surface area contributed by atoms with Crippen molar-refractivity contribution in [1.29, 1.82) is 0 Å². The summed E-state index contributed by atoms with van der Waals surface area (Å²) >= 11 is 0. The molecule has 1 fully saturated rings. The van der Waals surface area contributed by atoms with Crippen molar-refractivity contribution in [3.05, 3.63) is 102 Å². The van der Waals surface area contributed by atoms with Gasteiger partial charge >= 0.3 is 6.09 Å². The topological polar surface area (TPSA) is 71.5 Å². The fraction of sp³-hybridized carbons (Fsp3) is 0.394. The highest BCUT2D eigenvalue weighted by molar-refractivity contribution is 5.79. The van der Waals surface area contributed by atoms with Gasteiger partial charge in [-0.15, -0.1) is 0 Å². The molecule has 218 valence electrons. The number of nitrogens with zero attached hydrogens (tertiary/aromatic N) is 3. The number of hydroxylamine groups is 2. The molecule has 1 atom stereocenters. The van der Waals surface area contributed by atoms with E-state index in [9.17, 15) is 9.59 Å². The van der Waals surface area contributed by atoms with E-state index in [1.807, 2.05) is 72.5 Å². The molecule has 0 aliphatic carbocycles. The third-order valence-electron chi connectivity index (χ3n) is 7.38. The number of rotatable bonds is 13. The largest absolute Gasteiger partial charge is 0.497 e. The van der Waals surface area contributed by atoms with Gasteiger partial charge in [-0.3, -0.25) is 14.5 Å². The van der Waals surface area contributed by atoms with Crippen LogP contribution in [0.4, 0.5) is 4.79 Å². The number of hydrogen-bond acceptors (Lipinski definition) is 6. The highest BCUT2D eigenvalue weighted by Gasteiger charge is 2.27. The lowest BCUT2D eigenvalue weighted by atomic mass is 10.0. The van der Waals surface area contributed by atoms with Crippen LogP contribution in [0.2, 0.25) is 0 Å². The van der Waals surface area contributed by atoms with Crippen molar-refractivity contribution in [3.8, 4) is 5.75 Å². The molecule has 1 saturated heterocycles. The fourth-order valence-electron chi connectivity index (χ4n) is 4.88. The van der Waals surface area contributed by atoms with Crippen molar-refractivity contribution < 1.29 is 23.9 Å². The molecule has 8 heteroatoms. The van der Waals surface area contributed by atoms with Crippen LogP contribution in [0.1, 0.15) is 36.5 Å². The summed E-state index contributed by atoms with van der Waals surface area (Å²) in [6.07, 6.45) is 0.659. The first-order valence-electron chi connectivity index (χ1n) is 14.3. The van der Waals surface area contributed by atoms with Crippen LogP contribution in [0.3, 0.4) is 0 Å². The minimum absolute atomic E-state index is 0.147. The molecule has 1 aliphatic heterocycles. The van der Waals surface area contributed by atoms with Crippen molar-refractivity contribution in [2.24, 2.45) is 5.92 Å². The van der Waals surface area contributed by atoms with E-state index in [1.165, 1.54) is 10.6 Å². The summed E-state index contributed by atoms with van der Waals surface area (Å²) in [5.74, 6) is 0.723. The summed E-state index contributed by atoms with van der Waals surface area (Å²) in [6.45, 7) is 6.68. The minimum Gasteiger partial charge on any atom is -0.497 e. The van der Waals surface area contributed by atoms with Gasteiger partial charge in [-0.25, -0.2) is 4.79 Å². The zero-order valence-corrected chi connectivity index (χ0v) is 24.1. The van der Waals surface area contributed by atoms with Gasteiger partial charge in [0.15, 0.2) is 0 Å². The molecule has 0 radical (unpaired) electrons. The summed E-state index contributed by atoms with van der Waals surface area (Å²) in [5, 5.41) is 1.24. The number of hydrogen-bond donors (Lipinski definition) is 0. The van der Waals surface area contributed by atoms with Crippen LogP contribution in [0, 0.1) is 5.92 Å². The quantitative estimate of drug-likeness (QED) is 0.257. The molecule has 1 unspecified atom stereocenters. The van der Waals surface area contributed by atoms with Gasteiger partial charge in [0.25, 0.3) is 0 Å². The number of piperazine rings is 1. The lowest BCUT2D eigenvalue weighted by Crippen LogP contribution is -2.50. The molecule has 1 aliphatic rings. The Morgan fingerprint density at radius 1 is 0.829 bits per heavy atom. The molecule has 0 N–H and O–H groups in total. The summed E-state index contributed by atoms with van der Waals surface area (Å²) in [7, 11) is 1.61. The average Bonchev–Trinajstić information content (AvgIpc) is 3.03. The SMILES string of the molecule is CCC(CCON(Cc1ccc(OC)cc1)C(=O)OCc1ccccc1)C(=O)N1CCN(Cc2ccccc2)CC1. The fourth-order valence-corrected chi connectivity index (χ4v) is 4.88. The highest BCUT2D eigenvalue weighted by atomic mass is 16.7. The van der Waals surface area contributed by atoms with Crippen LogP contribution in [-0.4, -0.2) is 66.8 Å². The van der Waals surface area contributed by atoms with Gasteiger partial charge in [-0.05, 0) is 41.7 Å². The van der Waals surface area contributed by atoms with Gasteiger partial charge in [0.05, 0.1) is 20.3 Å². The molecule has 0 saturated carbocycles. The van der Waals surface area contributed by atoms with E-state index in [0.29, 0.717) is 12.8 Å². The molecule has 0 bridgehead atoms. The third-order valence-corrected chi connectivity index (χ3v) is 7.38. The van der Waals surface area contributed by atoms with Crippen LogP contribution in [0.25, 0.3) is 0 Å².